The number of ether oxygens (including phenoxy) is 2. The van der Waals surface area contributed by atoms with E-state index in [1.807, 2.05) is 72.8 Å². The summed E-state index contributed by atoms with van der Waals surface area (Å²) in [7, 11) is 3.23. The predicted octanol–water partition coefficient (Wildman–Crippen LogP) is 4.80. The summed E-state index contributed by atoms with van der Waals surface area (Å²) in [6.07, 6.45) is 0.300. The number of carbonyl (C=O) groups is 1. The van der Waals surface area contributed by atoms with E-state index in [4.69, 9.17) is 9.47 Å². The van der Waals surface area contributed by atoms with Crippen LogP contribution in [0.2, 0.25) is 0 Å². The summed E-state index contributed by atoms with van der Waals surface area (Å²) in [5.41, 5.74) is 3.51. The van der Waals surface area contributed by atoms with Crippen LogP contribution >= 0.6 is 0 Å². The molecule has 3 aromatic carbocycles. The van der Waals surface area contributed by atoms with Crippen LogP contribution in [0.3, 0.4) is 0 Å². The zero-order valence-electron chi connectivity index (χ0n) is 14.4. The fraction of sp³-hybridized carbons (Fsp3) is 0.136. The number of benzene rings is 3. The van der Waals surface area contributed by atoms with Gasteiger partial charge in [0.15, 0.2) is 17.3 Å². The molecule has 3 nitrogen and oxygen atoms in total. The second-order valence-electron chi connectivity index (χ2n) is 5.67. The Balaban J connectivity index is 2.08. The molecule has 3 heteroatoms. The molecule has 3 rings (SSSR count). The number of carbonyl (C=O) groups excluding carboxylic acids is 1. The molecule has 3 aromatic rings. The normalized spacial score (nSPS) is 10.3. The van der Waals surface area contributed by atoms with Crippen molar-refractivity contribution < 1.29 is 14.3 Å². The third kappa shape index (κ3) is 3.56. The van der Waals surface area contributed by atoms with Crippen molar-refractivity contribution in [3.63, 3.8) is 0 Å². The van der Waals surface area contributed by atoms with Gasteiger partial charge < -0.3 is 9.47 Å². The average molecular weight is 332 g/mol. The molecular formula is C22H20O3. The Bertz CT molecular complexity index is 855. The molecule has 126 valence electrons. The fourth-order valence-corrected chi connectivity index (χ4v) is 2.94. The number of hydrogen-bond acceptors (Lipinski definition) is 3. The minimum absolute atomic E-state index is 0.0741. The second-order valence-corrected chi connectivity index (χ2v) is 5.67. The molecule has 0 N–H and O–H groups in total. The first-order chi connectivity index (χ1) is 12.2. The molecule has 0 aliphatic carbocycles. The third-order valence-corrected chi connectivity index (χ3v) is 4.14. The number of ketones is 1. The smallest absolute Gasteiger partial charge is 0.168 e. The number of Topliss-reactive ketones (excluding diaryl/α,β-unsaturated/α-hetero) is 1. The Morgan fingerprint density at radius 1 is 0.800 bits per heavy atom. The van der Waals surface area contributed by atoms with Crippen molar-refractivity contribution in [2.75, 3.05) is 14.2 Å². The largest absolute Gasteiger partial charge is 0.493 e. The van der Waals surface area contributed by atoms with Crippen LogP contribution in [0.1, 0.15) is 15.9 Å². The molecular weight excluding hydrogens is 312 g/mol. The van der Waals surface area contributed by atoms with Crippen LogP contribution in [0, 0.1) is 0 Å². The molecule has 0 unspecified atom stereocenters. The van der Waals surface area contributed by atoms with Gasteiger partial charge in [-0.25, -0.2) is 0 Å². The van der Waals surface area contributed by atoms with Crippen LogP contribution in [-0.4, -0.2) is 20.0 Å². The van der Waals surface area contributed by atoms with Gasteiger partial charge in [-0.15, -0.1) is 0 Å². The summed E-state index contributed by atoms with van der Waals surface area (Å²) < 4.78 is 11.0. The molecule has 0 amide bonds. The maximum Gasteiger partial charge on any atom is 0.168 e. The Morgan fingerprint density at radius 3 is 2.04 bits per heavy atom. The quantitative estimate of drug-likeness (QED) is 0.609. The first-order valence-corrected chi connectivity index (χ1v) is 8.12. The van der Waals surface area contributed by atoms with Crippen LogP contribution in [0.15, 0.2) is 72.8 Å². The number of methoxy groups -OCH3 is 2. The molecule has 0 heterocycles. The Labute approximate surface area is 147 Å². The van der Waals surface area contributed by atoms with E-state index in [1.165, 1.54) is 0 Å². The van der Waals surface area contributed by atoms with Crippen molar-refractivity contribution in [3.05, 3.63) is 83.9 Å². The molecule has 25 heavy (non-hydrogen) atoms. The highest BCUT2D eigenvalue weighted by atomic mass is 16.5. The van der Waals surface area contributed by atoms with Crippen LogP contribution in [0.25, 0.3) is 11.1 Å². The van der Waals surface area contributed by atoms with Crippen molar-refractivity contribution in [2.45, 2.75) is 6.42 Å². The molecule has 0 saturated carbocycles. The minimum Gasteiger partial charge on any atom is -0.493 e. The van der Waals surface area contributed by atoms with E-state index >= 15 is 0 Å². The highest BCUT2D eigenvalue weighted by molar-refractivity contribution is 5.98. The van der Waals surface area contributed by atoms with E-state index in [-0.39, 0.29) is 5.78 Å². The first-order valence-electron chi connectivity index (χ1n) is 8.12. The van der Waals surface area contributed by atoms with E-state index in [9.17, 15) is 4.79 Å². The lowest BCUT2D eigenvalue weighted by Crippen LogP contribution is -2.06. The standard InChI is InChI=1S/C22H20O3/c1-24-20-14-13-18(15-19(23)16-9-5-3-6-10-16)21(22(20)25-2)17-11-7-4-8-12-17/h3-14H,15H2,1-2H3. The zero-order chi connectivity index (χ0) is 17.6. The Morgan fingerprint density at radius 2 is 1.44 bits per heavy atom. The summed E-state index contributed by atoms with van der Waals surface area (Å²) in [4.78, 5) is 12.7. The molecule has 0 aromatic heterocycles. The van der Waals surface area contributed by atoms with Crippen molar-refractivity contribution in [3.8, 4) is 22.6 Å². The maximum absolute atomic E-state index is 12.7. The molecule has 0 atom stereocenters. The lowest BCUT2D eigenvalue weighted by Gasteiger charge is -2.17. The highest BCUT2D eigenvalue weighted by Gasteiger charge is 2.19. The maximum atomic E-state index is 12.7. The minimum atomic E-state index is 0.0741. The lowest BCUT2D eigenvalue weighted by molar-refractivity contribution is 0.0993. The van der Waals surface area contributed by atoms with Crippen molar-refractivity contribution >= 4 is 5.78 Å². The van der Waals surface area contributed by atoms with Crippen LogP contribution < -0.4 is 9.47 Å². The van der Waals surface area contributed by atoms with E-state index in [0.29, 0.717) is 23.5 Å². The molecule has 0 aliphatic heterocycles. The van der Waals surface area contributed by atoms with Crippen LogP contribution in [-0.2, 0) is 6.42 Å². The molecule has 0 fully saturated rings. The average Bonchev–Trinajstić information content (AvgIpc) is 2.68. The zero-order valence-corrected chi connectivity index (χ0v) is 14.4. The lowest BCUT2D eigenvalue weighted by atomic mass is 9.93. The van der Waals surface area contributed by atoms with Gasteiger partial charge in [0.2, 0.25) is 0 Å². The number of hydrogen-bond donors (Lipinski definition) is 0. The monoisotopic (exact) mass is 332 g/mol. The molecule has 0 saturated heterocycles. The summed E-state index contributed by atoms with van der Waals surface area (Å²) in [6, 6.07) is 23.0. The van der Waals surface area contributed by atoms with Crippen molar-refractivity contribution in [2.24, 2.45) is 0 Å². The first kappa shape index (κ1) is 16.8. The third-order valence-electron chi connectivity index (χ3n) is 4.14. The Hall–Kier alpha value is -3.07. The Kier molecular flexibility index (Phi) is 5.14. The van der Waals surface area contributed by atoms with E-state index in [0.717, 1.165) is 16.7 Å². The molecule has 0 aliphatic rings. The highest BCUT2D eigenvalue weighted by Crippen LogP contribution is 2.41. The SMILES string of the molecule is COc1ccc(CC(=O)c2ccccc2)c(-c2ccccc2)c1OC. The van der Waals surface area contributed by atoms with Gasteiger partial charge >= 0.3 is 0 Å². The van der Waals surface area contributed by atoms with Gasteiger partial charge in [0.1, 0.15) is 0 Å². The van der Waals surface area contributed by atoms with E-state index in [1.54, 1.807) is 14.2 Å². The number of rotatable bonds is 6. The summed E-state index contributed by atoms with van der Waals surface area (Å²) in [6.45, 7) is 0. The predicted molar refractivity (Wildman–Crippen MR) is 99.5 cm³/mol. The van der Waals surface area contributed by atoms with Gasteiger partial charge in [0.25, 0.3) is 0 Å². The molecule has 0 radical (unpaired) electrons. The van der Waals surface area contributed by atoms with E-state index < -0.39 is 0 Å². The van der Waals surface area contributed by atoms with Gasteiger partial charge in [-0.3, -0.25) is 4.79 Å². The van der Waals surface area contributed by atoms with Crippen molar-refractivity contribution in [1.82, 2.24) is 0 Å². The summed E-state index contributed by atoms with van der Waals surface area (Å²) >= 11 is 0. The summed E-state index contributed by atoms with van der Waals surface area (Å²) in [5.74, 6) is 1.37. The van der Waals surface area contributed by atoms with Crippen molar-refractivity contribution in [1.29, 1.82) is 0 Å². The van der Waals surface area contributed by atoms with Crippen LogP contribution in [0.4, 0.5) is 0 Å². The van der Waals surface area contributed by atoms with Gasteiger partial charge in [-0.2, -0.15) is 0 Å². The van der Waals surface area contributed by atoms with Gasteiger partial charge in [0.05, 0.1) is 14.2 Å². The topological polar surface area (TPSA) is 35.5 Å². The van der Waals surface area contributed by atoms with Crippen LogP contribution in [0.5, 0.6) is 11.5 Å². The fourth-order valence-electron chi connectivity index (χ4n) is 2.94. The van der Waals surface area contributed by atoms with E-state index in [2.05, 4.69) is 0 Å². The van der Waals surface area contributed by atoms with Gasteiger partial charge in [0, 0.05) is 17.5 Å². The second kappa shape index (κ2) is 7.67. The van der Waals surface area contributed by atoms with Gasteiger partial charge in [-0.1, -0.05) is 66.7 Å². The van der Waals surface area contributed by atoms with Gasteiger partial charge in [-0.05, 0) is 17.2 Å². The molecule has 0 bridgehead atoms. The molecule has 0 spiro atoms. The summed E-state index contributed by atoms with van der Waals surface area (Å²) in [5, 5.41) is 0.